The van der Waals surface area contributed by atoms with Gasteiger partial charge < -0.3 is 10.1 Å². The molecule has 1 aliphatic heterocycles. The molecule has 1 aliphatic carbocycles. The van der Waals surface area contributed by atoms with Crippen molar-refractivity contribution < 1.29 is 4.74 Å². The molecule has 0 amide bonds. The second-order valence-corrected chi connectivity index (χ2v) is 5.58. The summed E-state index contributed by atoms with van der Waals surface area (Å²) in [4.78, 5) is 2.68. The quantitative estimate of drug-likeness (QED) is 0.697. The molecule has 0 aromatic carbocycles. The number of likely N-dealkylation sites (tertiary alicyclic amines) is 1. The molecule has 3 nitrogen and oxygen atoms in total. The first kappa shape index (κ1) is 12.3. The monoisotopic (exact) mass is 226 g/mol. The fourth-order valence-electron chi connectivity index (χ4n) is 2.68. The SMILES string of the molecule is CC(C)OCCNC1CC(C)N(C2CC2)C1. The molecule has 1 heterocycles. The minimum Gasteiger partial charge on any atom is -0.377 e. The third-order valence-electron chi connectivity index (χ3n) is 3.63. The first-order valence-electron chi connectivity index (χ1n) is 6.77. The lowest BCUT2D eigenvalue weighted by Crippen LogP contribution is -2.36. The smallest absolute Gasteiger partial charge is 0.0594 e. The molecule has 0 aromatic rings. The zero-order valence-electron chi connectivity index (χ0n) is 10.9. The van der Waals surface area contributed by atoms with Crippen molar-refractivity contribution in [2.24, 2.45) is 0 Å². The summed E-state index contributed by atoms with van der Waals surface area (Å²) >= 11 is 0. The number of nitrogens with zero attached hydrogens (tertiary/aromatic N) is 1. The first-order chi connectivity index (χ1) is 7.66. The minimum atomic E-state index is 0.354. The number of hydrogen-bond acceptors (Lipinski definition) is 3. The Labute approximate surface area is 99.5 Å². The fraction of sp³-hybridized carbons (Fsp3) is 1.00. The molecule has 2 unspecified atom stereocenters. The minimum absolute atomic E-state index is 0.354. The van der Waals surface area contributed by atoms with Gasteiger partial charge in [-0.1, -0.05) is 0 Å². The summed E-state index contributed by atoms with van der Waals surface area (Å²) in [6.45, 7) is 9.62. The lowest BCUT2D eigenvalue weighted by atomic mass is 10.2. The van der Waals surface area contributed by atoms with Crippen LogP contribution in [0.3, 0.4) is 0 Å². The summed E-state index contributed by atoms with van der Waals surface area (Å²) in [5, 5.41) is 3.61. The largest absolute Gasteiger partial charge is 0.377 e. The van der Waals surface area contributed by atoms with Gasteiger partial charge in [-0.05, 0) is 40.0 Å². The first-order valence-corrected chi connectivity index (χ1v) is 6.77. The maximum absolute atomic E-state index is 5.54. The van der Waals surface area contributed by atoms with E-state index in [4.69, 9.17) is 4.74 Å². The van der Waals surface area contributed by atoms with E-state index in [1.54, 1.807) is 0 Å². The fourth-order valence-corrected chi connectivity index (χ4v) is 2.68. The average Bonchev–Trinajstić information content (AvgIpc) is 2.98. The van der Waals surface area contributed by atoms with Crippen molar-refractivity contribution in [1.29, 1.82) is 0 Å². The highest BCUT2D eigenvalue weighted by Gasteiger charge is 2.38. The van der Waals surface area contributed by atoms with E-state index < -0.39 is 0 Å². The summed E-state index contributed by atoms with van der Waals surface area (Å²) in [6.07, 6.45) is 4.51. The Kier molecular flexibility index (Phi) is 4.22. The van der Waals surface area contributed by atoms with Crippen LogP contribution in [0, 0.1) is 0 Å². The highest BCUT2D eigenvalue weighted by Crippen LogP contribution is 2.33. The van der Waals surface area contributed by atoms with Crippen LogP contribution in [0.4, 0.5) is 0 Å². The zero-order valence-corrected chi connectivity index (χ0v) is 10.9. The zero-order chi connectivity index (χ0) is 11.5. The van der Waals surface area contributed by atoms with Gasteiger partial charge in [0.05, 0.1) is 12.7 Å². The number of ether oxygens (including phenoxy) is 1. The normalized spacial score (nSPS) is 31.5. The van der Waals surface area contributed by atoms with Crippen molar-refractivity contribution in [1.82, 2.24) is 10.2 Å². The summed E-state index contributed by atoms with van der Waals surface area (Å²) in [5.74, 6) is 0. The Hall–Kier alpha value is -0.120. The van der Waals surface area contributed by atoms with Crippen LogP contribution in [0.1, 0.15) is 40.0 Å². The van der Waals surface area contributed by atoms with Crippen LogP contribution in [-0.2, 0) is 4.74 Å². The third-order valence-corrected chi connectivity index (χ3v) is 3.63. The van der Waals surface area contributed by atoms with Crippen molar-refractivity contribution in [3.8, 4) is 0 Å². The Bertz CT molecular complexity index is 216. The maximum Gasteiger partial charge on any atom is 0.0594 e. The van der Waals surface area contributed by atoms with Gasteiger partial charge in [0.2, 0.25) is 0 Å². The third kappa shape index (κ3) is 3.44. The van der Waals surface area contributed by atoms with Gasteiger partial charge in [0.1, 0.15) is 0 Å². The van der Waals surface area contributed by atoms with Crippen LogP contribution in [0.15, 0.2) is 0 Å². The lowest BCUT2D eigenvalue weighted by molar-refractivity contribution is 0.0794. The highest BCUT2D eigenvalue weighted by molar-refractivity contribution is 4.95. The number of nitrogens with one attached hydrogen (secondary N) is 1. The Morgan fingerprint density at radius 2 is 2.12 bits per heavy atom. The van der Waals surface area contributed by atoms with E-state index in [0.717, 1.165) is 25.2 Å². The average molecular weight is 226 g/mol. The predicted octanol–water partition coefficient (Wildman–Crippen LogP) is 1.63. The van der Waals surface area contributed by atoms with Gasteiger partial charge in [-0.25, -0.2) is 0 Å². The van der Waals surface area contributed by atoms with E-state index in [2.05, 4.69) is 31.0 Å². The molecule has 0 radical (unpaired) electrons. The molecule has 1 N–H and O–H groups in total. The van der Waals surface area contributed by atoms with E-state index in [1.807, 2.05) is 0 Å². The van der Waals surface area contributed by atoms with Crippen molar-refractivity contribution in [2.45, 2.75) is 64.3 Å². The van der Waals surface area contributed by atoms with Gasteiger partial charge in [-0.2, -0.15) is 0 Å². The molecule has 2 aliphatic rings. The molecular weight excluding hydrogens is 200 g/mol. The molecule has 2 atom stereocenters. The summed E-state index contributed by atoms with van der Waals surface area (Å²) in [7, 11) is 0. The van der Waals surface area contributed by atoms with Crippen molar-refractivity contribution in [2.75, 3.05) is 19.7 Å². The summed E-state index contributed by atoms with van der Waals surface area (Å²) in [6, 6.07) is 2.37. The molecular formula is C13H26N2O. The van der Waals surface area contributed by atoms with Gasteiger partial charge in [0, 0.05) is 31.2 Å². The van der Waals surface area contributed by atoms with Gasteiger partial charge >= 0.3 is 0 Å². The molecule has 1 saturated heterocycles. The summed E-state index contributed by atoms with van der Waals surface area (Å²) in [5.41, 5.74) is 0. The second kappa shape index (κ2) is 5.48. The molecule has 2 rings (SSSR count). The molecule has 2 fully saturated rings. The van der Waals surface area contributed by atoms with Crippen LogP contribution in [0.25, 0.3) is 0 Å². The standard InChI is InChI=1S/C13H26N2O/c1-10(2)16-7-6-14-12-8-11(3)15(9-12)13-4-5-13/h10-14H,4-9H2,1-3H3. The maximum atomic E-state index is 5.54. The van der Waals surface area contributed by atoms with E-state index in [1.165, 1.54) is 25.8 Å². The van der Waals surface area contributed by atoms with Crippen molar-refractivity contribution in [3.05, 3.63) is 0 Å². The second-order valence-electron chi connectivity index (χ2n) is 5.58. The van der Waals surface area contributed by atoms with Crippen molar-refractivity contribution >= 4 is 0 Å². The van der Waals surface area contributed by atoms with E-state index in [0.29, 0.717) is 12.1 Å². The topological polar surface area (TPSA) is 24.5 Å². The Morgan fingerprint density at radius 3 is 2.75 bits per heavy atom. The van der Waals surface area contributed by atoms with Crippen LogP contribution >= 0.6 is 0 Å². The van der Waals surface area contributed by atoms with E-state index in [9.17, 15) is 0 Å². The molecule has 94 valence electrons. The summed E-state index contributed by atoms with van der Waals surface area (Å²) < 4.78 is 5.54. The molecule has 0 aromatic heterocycles. The van der Waals surface area contributed by atoms with Crippen molar-refractivity contribution in [3.63, 3.8) is 0 Å². The van der Waals surface area contributed by atoms with Crippen LogP contribution in [0.2, 0.25) is 0 Å². The number of hydrogen-bond donors (Lipinski definition) is 1. The van der Waals surface area contributed by atoms with Crippen LogP contribution in [-0.4, -0.2) is 48.8 Å². The van der Waals surface area contributed by atoms with Gasteiger partial charge in [0.15, 0.2) is 0 Å². The van der Waals surface area contributed by atoms with Gasteiger partial charge in [0.25, 0.3) is 0 Å². The predicted molar refractivity (Wildman–Crippen MR) is 66.7 cm³/mol. The Balaban J connectivity index is 1.60. The number of rotatable bonds is 6. The molecule has 0 bridgehead atoms. The van der Waals surface area contributed by atoms with E-state index in [-0.39, 0.29) is 0 Å². The molecule has 16 heavy (non-hydrogen) atoms. The van der Waals surface area contributed by atoms with Gasteiger partial charge in [-0.15, -0.1) is 0 Å². The van der Waals surface area contributed by atoms with Crippen LogP contribution in [0.5, 0.6) is 0 Å². The molecule has 1 saturated carbocycles. The Morgan fingerprint density at radius 1 is 1.38 bits per heavy atom. The van der Waals surface area contributed by atoms with Crippen LogP contribution < -0.4 is 5.32 Å². The lowest BCUT2D eigenvalue weighted by Gasteiger charge is -2.19. The van der Waals surface area contributed by atoms with Gasteiger partial charge in [-0.3, -0.25) is 4.90 Å². The van der Waals surface area contributed by atoms with E-state index >= 15 is 0 Å². The molecule has 0 spiro atoms. The molecule has 3 heteroatoms. The highest BCUT2D eigenvalue weighted by atomic mass is 16.5.